The van der Waals surface area contributed by atoms with Gasteiger partial charge in [-0.15, -0.1) is 0 Å². The Kier molecular flexibility index (Phi) is 13.4. The van der Waals surface area contributed by atoms with Crippen LogP contribution >= 0.6 is 7.92 Å². The Morgan fingerprint density at radius 1 is 0.548 bits per heavy atom. The van der Waals surface area contributed by atoms with Gasteiger partial charge in [0.15, 0.2) is 0 Å². The number of aromatic carboxylic acids is 3. The zero-order valence-electron chi connectivity index (χ0n) is 16.9. The number of rotatable bonds is 6. The summed E-state index contributed by atoms with van der Waals surface area (Å²) in [6.07, 6.45) is 0. The summed E-state index contributed by atoms with van der Waals surface area (Å²) in [7, 11) is -1.78. The molecule has 0 aliphatic rings. The molecule has 3 aromatic rings. The molecule has 3 aromatic heterocycles. The van der Waals surface area contributed by atoms with E-state index < -0.39 is 25.8 Å². The van der Waals surface area contributed by atoms with Crippen molar-refractivity contribution in [2.24, 2.45) is 0 Å². The Morgan fingerprint density at radius 3 is 1.03 bits per heavy atom. The van der Waals surface area contributed by atoms with Gasteiger partial charge in [-0.3, -0.25) is 0 Å². The molecule has 31 heavy (non-hydrogen) atoms. The van der Waals surface area contributed by atoms with Gasteiger partial charge in [0.1, 0.15) is 0 Å². The number of pyridine rings is 3. The Hall–Kier alpha value is -0.710. The zero-order valence-corrected chi connectivity index (χ0v) is 23.8. The van der Waals surface area contributed by atoms with Crippen LogP contribution in [0.25, 0.3) is 0 Å². The third kappa shape index (κ3) is 7.68. The maximum atomic E-state index is 11.2. The molecule has 3 rings (SSSR count). The molecule has 0 bridgehead atoms. The minimum atomic E-state index is -1.78. The van der Waals surface area contributed by atoms with Crippen LogP contribution in [-0.4, -0.2) is 32.9 Å². The number of hydrogen-bond donors (Lipinski definition) is 0. The molecule has 0 radical (unpaired) electrons. The van der Waals surface area contributed by atoms with Crippen molar-refractivity contribution in [2.45, 2.75) is 0 Å². The summed E-state index contributed by atoms with van der Waals surface area (Å²) >= 11 is 0. The number of carbonyl (C=O) groups excluding carboxylic acids is 3. The van der Waals surface area contributed by atoms with E-state index >= 15 is 0 Å². The SMILES string of the molecule is O=C([O-])c1cccc(P(c2cccc(C(=O)[O-])n2)c2cccc(C(=O)[O-])n2)n1.[Na+].[Na+].[Na+]. The Morgan fingerprint density at radius 2 is 0.806 bits per heavy atom. The summed E-state index contributed by atoms with van der Waals surface area (Å²) in [5, 5.41) is 33.5. The second-order valence-corrected chi connectivity index (χ2v) is 7.39. The Balaban J connectivity index is 0.00000300. The van der Waals surface area contributed by atoms with Gasteiger partial charge in [-0.25, -0.2) is 15.0 Å². The molecule has 0 N–H and O–H groups in total. The molecule has 0 aliphatic carbocycles. The van der Waals surface area contributed by atoms with Crippen LogP contribution in [0.4, 0.5) is 0 Å². The number of carboxylic acid groups (broad SMARTS) is 3. The van der Waals surface area contributed by atoms with Gasteiger partial charge in [0, 0.05) is 7.92 Å². The van der Waals surface area contributed by atoms with E-state index in [0.29, 0.717) is 0 Å². The van der Waals surface area contributed by atoms with Crippen LogP contribution in [0.15, 0.2) is 54.6 Å². The molecule has 13 heteroatoms. The summed E-state index contributed by atoms with van der Waals surface area (Å²) < 4.78 is 0. The van der Waals surface area contributed by atoms with E-state index in [1.54, 1.807) is 0 Å². The van der Waals surface area contributed by atoms with E-state index in [-0.39, 0.29) is 122 Å². The molecule has 0 saturated heterocycles. The van der Waals surface area contributed by atoms with Crippen LogP contribution in [0, 0.1) is 0 Å². The van der Waals surface area contributed by atoms with E-state index in [1.807, 2.05) is 0 Å². The molecule has 0 unspecified atom stereocenters. The first-order chi connectivity index (χ1) is 13.4. The van der Waals surface area contributed by atoms with Crippen molar-refractivity contribution in [1.82, 2.24) is 15.0 Å². The first kappa shape index (κ1) is 30.3. The topological polar surface area (TPSA) is 159 Å². The van der Waals surface area contributed by atoms with E-state index in [2.05, 4.69) is 15.0 Å². The van der Waals surface area contributed by atoms with E-state index in [1.165, 1.54) is 54.6 Å². The van der Waals surface area contributed by atoms with Crippen molar-refractivity contribution in [3.8, 4) is 0 Å². The standard InChI is InChI=1S/C18H12N3O6P.3Na/c22-16(23)10-4-1-7-13(19-10)28(14-8-2-5-11(20-14)17(24)25)15-9-3-6-12(21-15)18(26)27;;;/h1-9H,(H,22,23)(H,24,25)(H,26,27);;;/q;3*+1/p-3. The van der Waals surface area contributed by atoms with Crippen LogP contribution in [0.2, 0.25) is 0 Å². The average Bonchev–Trinajstić information content (AvgIpc) is 2.69. The number of carboxylic acids is 3. The number of aromatic nitrogens is 3. The van der Waals surface area contributed by atoms with Crippen molar-refractivity contribution in [2.75, 3.05) is 0 Å². The summed E-state index contributed by atoms with van der Waals surface area (Å²) in [6.45, 7) is 0. The van der Waals surface area contributed by atoms with Crippen molar-refractivity contribution in [3.05, 3.63) is 71.7 Å². The molecule has 0 saturated carbocycles. The third-order valence-electron chi connectivity index (χ3n) is 3.52. The smallest absolute Gasteiger partial charge is 0.543 e. The maximum Gasteiger partial charge on any atom is 1.00 e. The number of hydrogen-bond acceptors (Lipinski definition) is 9. The Bertz CT molecular complexity index is 966. The molecule has 0 aliphatic heterocycles. The second kappa shape index (κ2) is 13.7. The predicted octanol–water partition coefficient (Wildman–Crippen LogP) is -12.3. The molecule has 0 aromatic carbocycles. The summed E-state index contributed by atoms with van der Waals surface area (Å²) in [6, 6.07) is 12.6. The van der Waals surface area contributed by atoms with E-state index in [4.69, 9.17) is 0 Å². The van der Waals surface area contributed by atoms with Crippen molar-refractivity contribution in [1.29, 1.82) is 0 Å². The van der Waals surface area contributed by atoms with Crippen LogP contribution in [-0.2, 0) is 0 Å². The fourth-order valence-corrected chi connectivity index (χ4v) is 4.37. The molecule has 0 atom stereocenters. The van der Waals surface area contributed by atoms with Crippen molar-refractivity contribution < 1.29 is 118 Å². The van der Waals surface area contributed by atoms with Gasteiger partial charge in [-0.1, -0.05) is 18.2 Å². The first-order valence-corrected chi connectivity index (χ1v) is 9.06. The number of nitrogens with zero attached hydrogens (tertiary/aromatic N) is 3. The van der Waals surface area contributed by atoms with Gasteiger partial charge in [0.2, 0.25) is 0 Å². The molecule has 0 spiro atoms. The Labute approximate surface area is 244 Å². The zero-order chi connectivity index (χ0) is 20.3. The summed E-state index contributed by atoms with van der Waals surface area (Å²) in [5.74, 6) is -4.49. The first-order valence-electron chi connectivity index (χ1n) is 7.72. The summed E-state index contributed by atoms with van der Waals surface area (Å²) in [5.41, 5.74) is -0.334. The van der Waals surface area contributed by atoms with Gasteiger partial charge < -0.3 is 29.7 Å². The van der Waals surface area contributed by atoms with Gasteiger partial charge in [-0.2, -0.15) is 0 Å². The second-order valence-electron chi connectivity index (χ2n) is 5.34. The molecule has 0 amide bonds. The van der Waals surface area contributed by atoms with Crippen LogP contribution in [0.1, 0.15) is 31.5 Å². The maximum absolute atomic E-state index is 11.2. The average molecular weight is 463 g/mol. The van der Waals surface area contributed by atoms with Crippen molar-refractivity contribution >= 4 is 42.1 Å². The largest absolute Gasteiger partial charge is 1.00 e. The fourth-order valence-electron chi connectivity index (χ4n) is 2.34. The monoisotopic (exact) mass is 463 g/mol. The van der Waals surface area contributed by atoms with Gasteiger partial charge in [0.05, 0.1) is 51.3 Å². The molecule has 140 valence electrons. The van der Waals surface area contributed by atoms with Gasteiger partial charge in [0.25, 0.3) is 0 Å². The normalized spacial score (nSPS) is 9.58. The molecule has 0 fully saturated rings. The van der Waals surface area contributed by atoms with Crippen molar-refractivity contribution in [3.63, 3.8) is 0 Å². The molecule has 3 heterocycles. The van der Waals surface area contributed by atoms with Crippen LogP contribution in [0.5, 0.6) is 0 Å². The molecular weight excluding hydrogens is 454 g/mol. The summed E-state index contributed by atoms with van der Waals surface area (Å²) in [4.78, 5) is 45.6. The minimum absolute atomic E-state index is 0. The third-order valence-corrected chi connectivity index (χ3v) is 5.64. The molecule has 9 nitrogen and oxygen atoms in total. The van der Waals surface area contributed by atoms with Gasteiger partial charge >= 0.3 is 88.7 Å². The van der Waals surface area contributed by atoms with Crippen LogP contribution in [0.3, 0.4) is 0 Å². The van der Waals surface area contributed by atoms with E-state index in [0.717, 1.165) is 0 Å². The predicted molar refractivity (Wildman–Crippen MR) is 91.5 cm³/mol. The van der Waals surface area contributed by atoms with Crippen LogP contribution < -0.4 is 120 Å². The number of carbonyl (C=O) groups is 3. The quantitative estimate of drug-likeness (QED) is 0.256. The van der Waals surface area contributed by atoms with Gasteiger partial charge in [-0.05, 0) is 36.4 Å². The minimum Gasteiger partial charge on any atom is -0.543 e. The molecular formula is C18H9N3Na3O6P. The fraction of sp³-hybridized carbons (Fsp3) is 0. The van der Waals surface area contributed by atoms with E-state index in [9.17, 15) is 29.7 Å².